The van der Waals surface area contributed by atoms with Crippen LogP contribution in [0.15, 0.2) is 67.0 Å². The van der Waals surface area contributed by atoms with Gasteiger partial charge >= 0.3 is 19.8 Å². The predicted molar refractivity (Wildman–Crippen MR) is 241 cm³/mol. The number of nitrogens with two attached hydrogens (primary N) is 1. The Morgan fingerprint density at radius 1 is 0.903 bits per heavy atom. The molecule has 2 aromatic heterocycles. The first-order chi connectivity index (χ1) is 30.0. The lowest BCUT2D eigenvalue weighted by Crippen LogP contribution is -2.44. The fraction of sp³-hybridized carbons (Fsp3) is 0.617. The van der Waals surface area contributed by atoms with Gasteiger partial charge in [0.25, 0.3) is 0 Å². The number of carbonyl (C=O) groups excluding carboxylic acids is 1. The van der Waals surface area contributed by atoms with E-state index in [1.807, 2.05) is 30.3 Å². The molecule has 1 unspecified atom stereocenters. The number of para-hydroxylation sites is 1. The first-order valence-corrected chi connectivity index (χ1v) is 24.6. The number of aliphatic hydroxyl groups excluding tert-OH is 1. The molecule has 0 bridgehead atoms. The molecule has 1 aliphatic rings. The van der Waals surface area contributed by atoms with Crippen molar-refractivity contribution in [2.24, 2.45) is 0 Å². The molecule has 1 saturated heterocycles. The van der Waals surface area contributed by atoms with Crippen molar-refractivity contribution in [3.63, 3.8) is 0 Å². The minimum atomic E-state index is -4.42. The zero-order valence-electron chi connectivity index (χ0n) is 37.1. The number of ether oxygens (including phenoxy) is 2. The summed E-state index contributed by atoms with van der Waals surface area (Å²) in [6.07, 6.45) is 18.7. The quantitative estimate of drug-likeness (QED) is 0.0196. The maximum atomic E-state index is 15.0. The van der Waals surface area contributed by atoms with Crippen LogP contribution >= 0.6 is 7.75 Å². The lowest BCUT2D eigenvalue weighted by Gasteiger charge is -2.31. The minimum absolute atomic E-state index is 0.0518. The molecule has 0 spiro atoms. The van der Waals surface area contributed by atoms with Crippen LogP contribution < -0.4 is 15.3 Å². The van der Waals surface area contributed by atoms with Crippen LogP contribution in [-0.2, 0) is 29.8 Å². The van der Waals surface area contributed by atoms with E-state index in [9.17, 15) is 14.3 Å². The Labute approximate surface area is 367 Å². The third kappa shape index (κ3) is 15.4. The number of halogens is 1. The molecular formula is C47H70FN6O7P. The number of nitrogens with one attached hydrogen (secondary N) is 1. The summed E-state index contributed by atoms with van der Waals surface area (Å²) in [5.41, 5.74) is 5.57. The number of fused-ring (bicyclic) bond motifs is 1. The molecule has 4 aromatic rings. The largest absolute Gasteiger partial charge is 0.461 e. The molecule has 13 nitrogen and oxygen atoms in total. The van der Waals surface area contributed by atoms with Gasteiger partial charge < -0.3 is 24.8 Å². The predicted octanol–water partition coefficient (Wildman–Crippen LogP) is 11.0. The standard InChI is InChI=1S/C47H70FN6O7P/c1-4-6-8-10-12-14-16-22-28-37(29-23-17-15-13-11-9-7-5-2)59-45(56)39(32-36-26-20-18-21-27-36)53-62(57,61-38-30-24-19-25-31-38)58-34-47(3)40(55)33-41(60-47)54-35-50-42-43(49)51-46(48)52-44(42)54/h18-21,24-27,30-31,35,37,39-41,55H,4-17,22-23,28-29,32-34H2,1-3H3,(H,53,57)(H2,49,51,52)/t39-,40-,41+,47+,62?/m0/s1. The van der Waals surface area contributed by atoms with Gasteiger partial charge in [-0.3, -0.25) is 13.9 Å². The van der Waals surface area contributed by atoms with Crippen LogP contribution in [0.3, 0.4) is 0 Å². The number of aromatic nitrogens is 4. The van der Waals surface area contributed by atoms with Crippen molar-refractivity contribution >= 4 is 30.7 Å². The van der Waals surface area contributed by atoms with Crippen LogP contribution in [0, 0.1) is 6.08 Å². The number of nitrogen functional groups attached to an aromatic ring is 1. The zero-order valence-corrected chi connectivity index (χ0v) is 38.0. The van der Waals surface area contributed by atoms with Crippen molar-refractivity contribution in [1.29, 1.82) is 0 Å². The van der Waals surface area contributed by atoms with Gasteiger partial charge in [-0.2, -0.15) is 19.4 Å². The maximum absolute atomic E-state index is 15.0. The highest BCUT2D eigenvalue weighted by Gasteiger charge is 2.48. The number of rotatable bonds is 30. The van der Waals surface area contributed by atoms with E-state index in [0.29, 0.717) is 0 Å². The van der Waals surface area contributed by atoms with Gasteiger partial charge in [-0.05, 0) is 56.7 Å². The molecule has 15 heteroatoms. The summed E-state index contributed by atoms with van der Waals surface area (Å²) in [7, 11) is -4.42. The van der Waals surface area contributed by atoms with Gasteiger partial charge in [0.2, 0.25) is 0 Å². The van der Waals surface area contributed by atoms with E-state index in [4.69, 9.17) is 24.3 Å². The van der Waals surface area contributed by atoms with Crippen LogP contribution in [0.5, 0.6) is 5.75 Å². The van der Waals surface area contributed by atoms with Gasteiger partial charge in [-0.25, -0.2) is 9.55 Å². The first-order valence-electron chi connectivity index (χ1n) is 23.0. The number of carbonyl (C=O) groups is 1. The van der Waals surface area contributed by atoms with Crippen LogP contribution in [0.4, 0.5) is 10.2 Å². The fourth-order valence-electron chi connectivity index (χ4n) is 7.97. The molecule has 0 aliphatic carbocycles. The summed E-state index contributed by atoms with van der Waals surface area (Å²) in [5, 5.41) is 14.3. The number of imidazole rings is 1. The van der Waals surface area contributed by atoms with E-state index in [2.05, 4.69) is 33.9 Å². The molecule has 4 N–H and O–H groups in total. The number of nitrogens with zero attached hydrogens (tertiary/aromatic N) is 4. The van der Waals surface area contributed by atoms with Crippen LogP contribution in [0.1, 0.15) is 155 Å². The molecule has 5 rings (SSSR count). The van der Waals surface area contributed by atoms with Crippen molar-refractivity contribution in [2.45, 2.75) is 179 Å². The van der Waals surface area contributed by atoms with Crippen LogP contribution in [-0.4, -0.2) is 61.1 Å². The molecular weight excluding hydrogens is 811 g/mol. The van der Waals surface area contributed by atoms with Gasteiger partial charge in [-0.1, -0.05) is 152 Å². The molecule has 1 fully saturated rings. The molecule has 3 heterocycles. The summed E-state index contributed by atoms with van der Waals surface area (Å²) in [5.74, 6) is -0.419. The average Bonchev–Trinajstić information content (AvgIpc) is 3.82. The number of anilines is 1. The van der Waals surface area contributed by atoms with E-state index in [1.54, 1.807) is 37.3 Å². The minimum Gasteiger partial charge on any atom is -0.461 e. The number of unbranched alkanes of at least 4 members (excludes halogenated alkanes) is 14. The van der Waals surface area contributed by atoms with E-state index in [-0.39, 0.29) is 41.7 Å². The van der Waals surface area contributed by atoms with Crippen molar-refractivity contribution in [2.75, 3.05) is 12.3 Å². The van der Waals surface area contributed by atoms with Gasteiger partial charge in [0.15, 0.2) is 17.0 Å². The lowest BCUT2D eigenvalue weighted by atomic mass is 10.0. The highest BCUT2D eigenvalue weighted by molar-refractivity contribution is 7.52. The summed E-state index contributed by atoms with van der Waals surface area (Å²) in [6, 6.07) is 16.9. The Kier molecular flexibility index (Phi) is 20.1. The van der Waals surface area contributed by atoms with Crippen LogP contribution in [0.25, 0.3) is 11.2 Å². The normalized spacial score (nSPS) is 19.2. The van der Waals surface area contributed by atoms with Gasteiger partial charge in [0.1, 0.15) is 29.7 Å². The molecule has 2 aromatic carbocycles. The Balaban J connectivity index is 1.32. The van der Waals surface area contributed by atoms with Crippen molar-refractivity contribution in [3.05, 3.63) is 78.6 Å². The molecule has 342 valence electrons. The summed E-state index contributed by atoms with van der Waals surface area (Å²) >= 11 is 0. The van der Waals surface area contributed by atoms with E-state index < -0.39 is 50.4 Å². The summed E-state index contributed by atoms with van der Waals surface area (Å²) in [4.78, 5) is 26.0. The number of esters is 1. The summed E-state index contributed by atoms with van der Waals surface area (Å²) in [6.45, 7) is 5.66. The molecule has 0 amide bonds. The van der Waals surface area contributed by atoms with Gasteiger partial charge in [0.05, 0.1) is 19.0 Å². The third-order valence-electron chi connectivity index (χ3n) is 11.7. The van der Waals surface area contributed by atoms with Gasteiger partial charge in [-0.15, -0.1) is 0 Å². The molecule has 5 atom stereocenters. The lowest BCUT2D eigenvalue weighted by molar-refractivity contribution is -0.152. The van der Waals surface area contributed by atoms with Crippen molar-refractivity contribution in [1.82, 2.24) is 24.6 Å². The second-order valence-electron chi connectivity index (χ2n) is 17.0. The van der Waals surface area contributed by atoms with Crippen LogP contribution in [0.2, 0.25) is 0 Å². The SMILES string of the molecule is CCCCCCCCCCC(CCCCCCCCCC)OC(=O)[C@H](Cc1ccccc1)NP(=O)(OC[C@@]1(C)O[C@@H](n2cnc3c(N)nc(F)nc32)C[C@@H]1O)Oc1ccccc1. The second-order valence-corrected chi connectivity index (χ2v) is 18.7. The fourth-order valence-corrected chi connectivity index (χ4v) is 9.55. The molecule has 0 radical (unpaired) electrons. The Bertz CT molecular complexity index is 1940. The zero-order chi connectivity index (χ0) is 44.2. The monoisotopic (exact) mass is 881 g/mol. The topological polar surface area (TPSA) is 173 Å². The van der Waals surface area contributed by atoms with E-state index in [0.717, 1.165) is 56.9 Å². The number of aliphatic hydroxyl groups is 1. The highest BCUT2D eigenvalue weighted by atomic mass is 31.2. The van der Waals surface area contributed by atoms with Gasteiger partial charge in [0, 0.05) is 6.42 Å². The first kappa shape index (κ1) is 49.1. The Morgan fingerprint density at radius 2 is 1.47 bits per heavy atom. The Hall–Kier alpha value is -3.94. The molecule has 1 aliphatic heterocycles. The number of benzene rings is 2. The third-order valence-corrected chi connectivity index (χ3v) is 13.2. The van der Waals surface area contributed by atoms with Crippen molar-refractivity contribution < 1.29 is 37.4 Å². The summed E-state index contributed by atoms with van der Waals surface area (Å²) < 4.78 is 55.6. The number of hydrogen-bond acceptors (Lipinski definition) is 11. The molecule has 0 saturated carbocycles. The second kappa shape index (κ2) is 25.4. The smallest absolute Gasteiger partial charge is 0.459 e. The van der Waals surface area contributed by atoms with E-state index in [1.165, 1.54) is 75.1 Å². The van der Waals surface area contributed by atoms with Crippen molar-refractivity contribution in [3.8, 4) is 5.75 Å². The average molecular weight is 881 g/mol. The number of hydrogen-bond donors (Lipinski definition) is 3. The Morgan fingerprint density at radius 3 is 2.06 bits per heavy atom. The molecule has 62 heavy (non-hydrogen) atoms. The highest BCUT2D eigenvalue weighted by Crippen LogP contribution is 2.48. The maximum Gasteiger partial charge on any atom is 0.459 e. The van der Waals surface area contributed by atoms with E-state index >= 15 is 4.57 Å².